The van der Waals surface area contributed by atoms with E-state index in [4.69, 9.17) is 21.1 Å². The Hall–Kier alpha value is -3.16. The first-order chi connectivity index (χ1) is 15.8. The summed E-state index contributed by atoms with van der Waals surface area (Å²) in [7, 11) is 3.06. The van der Waals surface area contributed by atoms with Gasteiger partial charge in [0.05, 0.1) is 19.5 Å². The van der Waals surface area contributed by atoms with Gasteiger partial charge in [-0.25, -0.2) is 0 Å². The van der Waals surface area contributed by atoms with Crippen LogP contribution in [0, 0.1) is 6.92 Å². The normalized spacial score (nSPS) is 11.4. The highest BCUT2D eigenvalue weighted by Crippen LogP contribution is 2.29. The van der Waals surface area contributed by atoms with E-state index in [1.807, 2.05) is 32.0 Å². The molecule has 33 heavy (non-hydrogen) atoms. The molecule has 8 heteroatoms. The summed E-state index contributed by atoms with van der Waals surface area (Å²) in [5.74, 6) is 0.661. The Morgan fingerprint density at radius 2 is 1.61 bits per heavy atom. The minimum atomic E-state index is -0.324. The number of hydrogen-bond acceptors (Lipinski definition) is 5. The molecule has 1 unspecified atom stereocenters. The number of ether oxygens (including phenoxy) is 2. The van der Waals surface area contributed by atoms with Gasteiger partial charge in [0, 0.05) is 26.9 Å². The first-order valence-electron chi connectivity index (χ1n) is 10.2. The highest BCUT2D eigenvalue weighted by Gasteiger charge is 2.16. The molecule has 0 bridgehead atoms. The van der Waals surface area contributed by atoms with Crippen LogP contribution in [0.5, 0.6) is 11.5 Å². The molecule has 172 valence electrons. The second-order valence-corrected chi connectivity index (χ2v) is 9.11. The average molecular weight is 485 g/mol. The van der Waals surface area contributed by atoms with Crippen LogP contribution in [0.25, 0.3) is 0 Å². The van der Waals surface area contributed by atoms with Crippen LogP contribution in [0.15, 0.2) is 65.6 Å². The van der Waals surface area contributed by atoms with Crippen LogP contribution in [0.2, 0.25) is 5.02 Å². The van der Waals surface area contributed by atoms with Crippen LogP contribution >= 0.6 is 23.4 Å². The Balaban J connectivity index is 1.60. The summed E-state index contributed by atoms with van der Waals surface area (Å²) in [6.45, 7) is 3.76. The largest absolute Gasteiger partial charge is 0.493 e. The number of benzene rings is 3. The molecule has 3 aromatic carbocycles. The SMILES string of the molecule is COc1ccc(C(=O)Nc2ccc(SC(C)C(=O)Nc3cc(Cl)ccc3C)cc2)cc1OC. The van der Waals surface area contributed by atoms with Crippen LogP contribution in [0.1, 0.15) is 22.8 Å². The van der Waals surface area contributed by atoms with Crippen LogP contribution in [0.3, 0.4) is 0 Å². The third-order valence-electron chi connectivity index (χ3n) is 4.90. The van der Waals surface area contributed by atoms with E-state index in [9.17, 15) is 9.59 Å². The van der Waals surface area contributed by atoms with Crippen molar-refractivity contribution >= 4 is 46.6 Å². The summed E-state index contributed by atoms with van der Waals surface area (Å²) in [6, 6.07) is 17.7. The van der Waals surface area contributed by atoms with Gasteiger partial charge < -0.3 is 20.1 Å². The number of anilines is 2. The van der Waals surface area contributed by atoms with Gasteiger partial charge in [-0.3, -0.25) is 9.59 Å². The molecule has 0 saturated heterocycles. The maximum absolute atomic E-state index is 12.6. The number of nitrogens with one attached hydrogen (secondary N) is 2. The maximum atomic E-state index is 12.6. The van der Waals surface area contributed by atoms with Gasteiger partial charge in [-0.15, -0.1) is 11.8 Å². The lowest BCUT2D eigenvalue weighted by molar-refractivity contribution is -0.115. The van der Waals surface area contributed by atoms with Crippen LogP contribution < -0.4 is 20.1 Å². The Morgan fingerprint density at radius 1 is 0.909 bits per heavy atom. The van der Waals surface area contributed by atoms with Crippen LogP contribution in [-0.2, 0) is 4.79 Å². The fourth-order valence-corrected chi connectivity index (χ4v) is 4.06. The fourth-order valence-electron chi connectivity index (χ4n) is 3.02. The molecule has 2 amide bonds. The number of carbonyl (C=O) groups excluding carboxylic acids is 2. The van der Waals surface area contributed by atoms with Crippen molar-refractivity contribution in [1.29, 1.82) is 0 Å². The van der Waals surface area contributed by atoms with Gasteiger partial charge >= 0.3 is 0 Å². The molecule has 0 spiro atoms. The number of rotatable bonds is 8. The lowest BCUT2D eigenvalue weighted by Gasteiger charge is -2.14. The molecule has 0 aliphatic carbocycles. The first-order valence-corrected chi connectivity index (χ1v) is 11.4. The molecule has 0 aromatic heterocycles. The lowest BCUT2D eigenvalue weighted by atomic mass is 10.2. The molecule has 2 N–H and O–H groups in total. The minimum absolute atomic E-state index is 0.115. The summed E-state index contributed by atoms with van der Waals surface area (Å²) in [4.78, 5) is 26.1. The lowest BCUT2D eigenvalue weighted by Crippen LogP contribution is -2.22. The molecule has 0 saturated carbocycles. The molecule has 1 atom stereocenters. The Labute approximate surface area is 202 Å². The fraction of sp³-hybridized carbons (Fsp3) is 0.200. The Morgan fingerprint density at radius 3 is 2.27 bits per heavy atom. The molecule has 0 heterocycles. The summed E-state index contributed by atoms with van der Waals surface area (Å²) in [5.41, 5.74) is 2.74. The molecule has 0 radical (unpaired) electrons. The molecular weight excluding hydrogens is 460 g/mol. The van der Waals surface area contributed by atoms with Crippen molar-refractivity contribution in [2.45, 2.75) is 24.0 Å². The topological polar surface area (TPSA) is 76.7 Å². The number of amides is 2. The van der Waals surface area contributed by atoms with E-state index in [1.54, 1.807) is 49.6 Å². The average Bonchev–Trinajstić information content (AvgIpc) is 2.82. The van der Waals surface area contributed by atoms with Gasteiger partial charge in [0.25, 0.3) is 5.91 Å². The van der Waals surface area contributed by atoms with Crippen molar-refractivity contribution < 1.29 is 19.1 Å². The van der Waals surface area contributed by atoms with E-state index < -0.39 is 0 Å². The predicted octanol–water partition coefficient (Wildman–Crippen LogP) is 6.04. The van der Waals surface area contributed by atoms with Gasteiger partial charge in [-0.1, -0.05) is 17.7 Å². The van der Waals surface area contributed by atoms with Crippen LogP contribution in [0.4, 0.5) is 11.4 Å². The molecule has 3 rings (SSSR count). The Bertz CT molecular complexity index is 1150. The third-order valence-corrected chi connectivity index (χ3v) is 6.24. The first kappa shape index (κ1) is 24.5. The molecule has 0 fully saturated rings. The number of halogens is 1. The van der Waals surface area contributed by atoms with Gasteiger partial charge in [0.2, 0.25) is 5.91 Å². The number of hydrogen-bond donors (Lipinski definition) is 2. The summed E-state index contributed by atoms with van der Waals surface area (Å²) >= 11 is 7.46. The van der Waals surface area contributed by atoms with E-state index in [0.717, 1.165) is 10.5 Å². The van der Waals surface area contributed by atoms with Crippen molar-refractivity contribution in [3.8, 4) is 11.5 Å². The molecular formula is C25H25ClN2O4S. The zero-order valence-corrected chi connectivity index (χ0v) is 20.3. The standard InChI is InChI=1S/C25H25ClN2O4S/c1-15-5-7-18(26)14-21(15)28-24(29)16(2)33-20-10-8-19(9-11-20)27-25(30)17-6-12-22(31-3)23(13-17)32-4/h5-14,16H,1-4H3,(H,27,30)(H,28,29). The molecule has 3 aromatic rings. The minimum Gasteiger partial charge on any atom is -0.493 e. The number of aryl methyl sites for hydroxylation is 1. The van der Waals surface area contributed by atoms with Crippen molar-refractivity contribution in [2.24, 2.45) is 0 Å². The van der Waals surface area contributed by atoms with Crippen molar-refractivity contribution in [3.63, 3.8) is 0 Å². The summed E-state index contributed by atoms with van der Waals surface area (Å²) < 4.78 is 10.5. The molecule has 6 nitrogen and oxygen atoms in total. The van der Waals surface area contributed by atoms with Crippen molar-refractivity contribution in [2.75, 3.05) is 24.9 Å². The van der Waals surface area contributed by atoms with E-state index in [-0.39, 0.29) is 17.1 Å². The summed E-state index contributed by atoms with van der Waals surface area (Å²) in [5, 5.41) is 6.03. The van der Waals surface area contributed by atoms with Gasteiger partial charge in [-0.05, 0) is 74.0 Å². The number of methoxy groups -OCH3 is 2. The molecule has 0 aliphatic heterocycles. The molecule has 0 aliphatic rings. The van der Waals surface area contributed by atoms with Gasteiger partial charge in [0.15, 0.2) is 11.5 Å². The van der Waals surface area contributed by atoms with Crippen molar-refractivity contribution in [1.82, 2.24) is 0 Å². The van der Waals surface area contributed by atoms with Crippen molar-refractivity contribution in [3.05, 3.63) is 76.8 Å². The van der Waals surface area contributed by atoms with E-state index in [1.165, 1.54) is 18.9 Å². The highest BCUT2D eigenvalue weighted by atomic mass is 35.5. The zero-order chi connectivity index (χ0) is 24.0. The number of carbonyl (C=O) groups is 2. The second-order valence-electron chi connectivity index (χ2n) is 7.26. The van der Waals surface area contributed by atoms with Crippen LogP contribution in [-0.4, -0.2) is 31.3 Å². The third kappa shape index (κ3) is 6.43. The Kier molecular flexibility index (Phi) is 8.25. The highest BCUT2D eigenvalue weighted by molar-refractivity contribution is 8.00. The quantitative estimate of drug-likeness (QED) is 0.381. The van der Waals surface area contributed by atoms with E-state index in [2.05, 4.69) is 10.6 Å². The summed E-state index contributed by atoms with van der Waals surface area (Å²) in [6.07, 6.45) is 0. The van der Waals surface area contributed by atoms with Gasteiger partial charge in [-0.2, -0.15) is 0 Å². The van der Waals surface area contributed by atoms with E-state index >= 15 is 0 Å². The zero-order valence-electron chi connectivity index (χ0n) is 18.8. The predicted molar refractivity (Wildman–Crippen MR) is 134 cm³/mol. The monoisotopic (exact) mass is 484 g/mol. The van der Waals surface area contributed by atoms with E-state index in [0.29, 0.717) is 33.5 Å². The van der Waals surface area contributed by atoms with Gasteiger partial charge in [0.1, 0.15) is 0 Å². The number of thioether (sulfide) groups is 1. The maximum Gasteiger partial charge on any atom is 0.255 e. The second kappa shape index (κ2) is 11.1. The smallest absolute Gasteiger partial charge is 0.255 e.